The molecule has 1 aliphatic carbocycles. The molecule has 0 aromatic heterocycles. The highest BCUT2D eigenvalue weighted by atomic mass is 32.2. The lowest BCUT2D eigenvalue weighted by Gasteiger charge is -2.31. The van der Waals surface area contributed by atoms with E-state index in [2.05, 4.69) is 5.32 Å². The normalized spacial score (nSPS) is 20.1. The molecule has 1 fully saturated rings. The highest BCUT2D eigenvalue weighted by Gasteiger charge is 2.31. The van der Waals surface area contributed by atoms with Crippen molar-refractivity contribution < 1.29 is 36.9 Å². The van der Waals surface area contributed by atoms with E-state index in [1.165, 1.54) is 31.4 Å². The van der Waals surface area contributed by atoms with E-state index < -0.39 is 16.3 Å². The van der Waals surface area contributed by atoms with E-state index >= 15 is 0 Å². The zero-order valence-electron chi connectivity index (χ0n) is 22.6. The average Bonchev–Trinajstić information content (AvgIpc) is 2.97. The molecular formula is C29H37FN2O7S. The zero-order valence-corrected chi connectivity index (χ0v) is 23.4. The minimum atomic E-state index is -3.90. The number of hydrogen-bond donors (Lipinski definition) is 2. The van der Waals surface area contributed by atoms with Gasteiger partial charge in [-0.25, -0.2) is 12.8 Å². The van der Waals surface area contributed by atoms with Gasteiger partial charge in [0.15, 0.2) is 5.76 Å². The van der Waals surface area contributed by atoms with Crippen molar-refractivity contribution in [3.05, 3.63) is 71.7 Å². The van der Waals surface area contributed by atoms with E-state index in [4.69, 9.17) is 14.2 Å². The van der Waals surface area contributed by atoms with Crippen LogP contribution in [0.2, 0.25) is 0 Å². The van der Waals surface area contributed by atoms with Crippen LogP contribution < -0.4 is 10.1 Å². The fourth-order valence-corrected chi connectivity index (χ4v) is 6.43. The Morgan fingerprint density at radius 1 is 1.07 bits per heavy atom. The Kier molecular flexibility index (Phi) is 10.5. The van der Waals surface area contributed by atoms with Crippen molar-refractivity contribution in [1.82, 2.24) is 9.62 Å². The molecule has 0 spiro atoms. The summed E-state index contributed by atoms with van der Waals surface area (Å²) < 4.78 is 58.1. The maximum atomic E-state index is 13.6. The summed E-state index contributed by atoms with van der Waals surface area (Å²) in [6.07, 6.45) is 6.40. The molecule has 4 rings (SSSR count). The molecule has 2 aromatic rings. The van der Waals surface area contributed by atoms with E-state index in [1.54, 1.807) is 30.3 Å². The predicted octanol–water partition coefficient (Wildman–Crippen LogP) is 3.70. The first-order valence-electron chi connectivity index (χ1n) is 13.6. The van der Waals surface area contributed by atoms with Gasteiger partial charge in [0.1, 0.15) is 11.6 Å². The van der Waals surface area contributed by atoms with Gasteiger partial charge in [0.2, 0.25) is 16.3 Å². The number of halogens is 1. The molecule has 2 aliphatic rings. The van der Waals surface area contributed by atoms with Gasteiger partial charge in [-0.1, -0.05) is 31.4 Å². The number of methoxy groups -OCH3 is 1. The largest absolute Gasteiger partial charge is 0.497 e. The lowest BCUT2D eigenvalue weighted by atomic mass is 9.92. The van der Waals surface area contributed by atoms with Crippen molar-refractivity contribution in [1.29, 1.82) is 0 Å². The molecule has 2 aromatic carbocycles. The van der Waals surface area contributed by atoms with E-state index in [1.807, 2.05) is 0 Å². The van der Waals surface area contributed by atoms with Gasteiger partial charge in [-0.05, 0) is 60.9 Å². The van der Waals surface area contributed by atoms with Crippen molar-refractivity contribution >= 4 is 15.9 Å². The summed E-state index contributed by atoms with van der Waals surface area (Å²) in [5.74, 6) is -0.281. The first-order chi connectivity index (χ1) is 19.3. The molecule has 2 atom stereocenters. The molecule has 40 heavy (non-hydrogen) atoms. The van der Waals surface area contributed by atoms with Crippen LogP contribution in [0.15, 0.2) is 65.3 Å². The van der Waals surface area contributed by atoms with Gasteiger partial charge in [-0.15, -0.1) is 0 Å². The van der Waals surface area contributed by atoms with Crippen LogP contribution in [0.3, 0.4) is 0 Å². The summed E-state index contributed by atoms with van der Waals surface area (Å²) in [6.45, 7) is -0.552. The molecule has 0 radical (unpaired) electrons. The van der Waals surface area contributed by atoms with Crippen molar-refractivity contribution in [3.8, 4) is 5.75 Å². The smallest absolute Gasteiger partial charge is 0.286 e. The standard InChI is InChI=1S/C29H37FN2O7S/c1-37-25-11-13-26(14-12-25)40(35,36)32(15-17-33)16-18-38-28-20-22(21-7-9-23(30)10-8-21)19-27(39-28)29(34)31-24-5-3-2-4-6-24/h7-14,19,22,24,28,33H,2-6,15-18,20H2,1H3,(H,31,34)/t22-,28+/m0/s1. The lowest BCUT2D eigenvalue weighted by Crippen LogP contribution is -2.40. The molecule has 2 N–H and O–H groups in total. The third kappa shape index (κ3) is 7.81. The number of nitrogens with one attached hydrogen (secondary N) is 1. The van der Waals surface area contributed by atoms with Crippen LogP contribution in [-0.2, 0) is 24.3 Å². The quantitative estimate of drug-likeness (QED) is 0.396. The average molecular weight is 577 g/mol. The van der Waals surface area contributed by atoms with Crippen LogP contribution in [-0.4, -0.2) is 69.5 Å². The summed E-state index contributed by atoms with van der Waals surface area (Å²) in [7, 11) is -2.41. The molecule has 218 valence electrons. The maximum absolute atomic E-state index is 13.6. The Labute approximate surface area is 235 Å². The van der Waals surface area contributed by atoms with Crippen molar-refractivity contribution in [2.75, 3.05) is 33.4 Å². The Morgan fingerprint density at radius 3 is 2.42 bits per heavy atom. The van der Waals surface area contributed by atoms with Gasteiger partial charge < -0.3 is 24.6 Å². The predicted molar refractivity (Wildman–Crippen MR) is 147 cm³/mol. The lowest BCUT2D eigenvalue weighted by molar-refractivity contribution is -0.147. The minimum Gasteiger partial charge on any atom is -0.497 e. The highest BCUT2D eigenvalue weighted by Crippen LogP contribution is 2.32. The van der Waals surface area contributed by atoms with Gasteiger partial charge in [-0.2, -0.15) is 4.31 Å². The second-order valence-electron chi connectivity index (χ2n) is 9.95. The molecule has 1 saturated carbocycles. The second-order valence-corrected chi connectivity index (χ2v) is 11.9. The molecule has 1 amide bonds. The van der Waals surface area contributed by atoms with E-state index in [0.29, 0.717) is 12.2 Å². The van der Waals surface area contributed by atoms with Crippen molar-refractivity contribution in [2.24, 2.45) is 0 Å². The number of sulfonamides is 1. The van der Waals surface area contributed by atoms with E-state index in [-0.39, 0.29) is 60.6 Å². The zero-order chi connectivity index (χ0) is 28.5. The summed E-state index contributed by atoms with van der Waals surface area (Å²) in [4.78, 5) is 13.2. The molecule has 1 aliphatic heterocycles. The number of benzene rings is 2. The van der Waals surface area contributed by atoms with Crippen molar-refractivity contribution in [2.45, 2.75) is 61.7 Å². The van der Waals surface area contributed by atoms with E-state index in [9.17, 15) is 22.7 Å². The number of carbonyl (C=O) groups excluding carboxylic acids is 1. The number of ether oxygens (including phenoxy) is 3. The fraction of sp³-hybridized carbons (Fsp3) is 0.483. The third-order valence-corrected chi connectivity index (χ3v) is 9.12. The molecule has 0 unspecified atom stereocenters. The Balaban J connectivity index is 1.44. The van der Waals surface area contributed by atoms with Crippen LogP contribution >= 0.6 is 0 Å². The number of amides is 1. The molecule has 1 heterocycles. The van der Waals surface area contributed by atoms with Crippen molar-refractivity contribution in [3.63, 3.8) is 0 Å². The Morgan fingerprint density at radius 2 is 1.77 bits per heavy atom. The number of rotatable bonds is 12. The van der Waals surface area contributed by atoms with Gasteiger partial charge in [0.25, 0.3) is 5.91 Å². The third-order valence-electron chi connectivity index (χ3n) is 7.21. The number of nitrogens with zero attached hydrogens (tertiary/aromatic N) is 1. The number of aliphatic hydroxyl groups is 1. The Bertz CT molecular complexity index is 1250. The van der Waals surface area contributed by atoms with Crippen LogP contribution in [0.5, 0.6) is 5.75 Å². The first kappa shape index (κ1) is 30.0. The topological polar surface area (TPSA) is 114 Å². The fourth-order valence-electron chi connectivity index (χ4n) is 5.01. The first-order valence-corrected chi connectivity index (χ1v) is 15.1. The van der Waals surface area contributed by atoms with Gasteiger partial charge >= 0.3 is 0 Å². The summed E-state index contributed by atoms with van der Waals surface area (Å²) in [5, 5.41) is 12.6. The second kappa shape index (κ2) is 14.1. The van der Waals surface area contributed by atoms with Crippen LogP contribution in [0, 0.1) is 5.82 Å². The maximum Gasteiger partial charge on any atom is 0.286 e. The SMILES string of the molecule is COc1ccc(S(=O)(=O)N(CCO)CCO[C@H]2C[C@@H](c3ccc(F)cc3)C=C(C(=O)NC3CCCCC3)O2)cc1. The van der Waals surface area contributed by atoms with Crippen LogP contribution in [0.25, 0.3) is 0 Å². The van der Waals surface area contributed by atoms with Crippen LogP contribution in [0.1, 0.15) is 50.0 Å². The number of allylic oxidation sites excluding steroid dienone is 1. The number of carbonyl (C=O) groups is 1. The molecular weight excluding hydrogens is 539 g/mol. The van der Waals surface area contributed by atoms with Gasteiger partial charge in [0, 0.05) is 31.5 Å². The monoisotopic (exact) mass is 576 g/mol. The van der Waals surface area contributed by atoms with Gasteiger partial charge in [0.05, 0.1) is 25.2 Å². The molecule has 0 saturated heterocycles. The van der Waals surface area contributed by atoms with Crippen LogP contribution in [0.4, 0.5) is 4.39 Å². The molecule has 9 nitrogen and oxygen atoms in total. The summed E-state index contributed by atoms with van der Waals surface area (Å²) in [6, 6.07) is 12.2. The number of hydrogen-bond acceptors (Lipinski definition) is 7. The molecule has 0 bridgehead atoms. The van der Waals surface area contributed by atoms with E-state index in [0.717, 1.165) is 42.0 Å². The summed E-state index contributed by atoms with van der Waals surface area (Å²) in [5.41, 5.74) is 0.810. The highest BCUT2D eigenvalue weighted by molar-refractivity contribution is 7.89. The number of aliphatic hydroxyl groups excluding tert-OH is 1. The summed E-state index contributed by atoms with van der Waals surface area (Å²) >= 11 is 0. The molecule has 11 heteroatoms. The minimum absolute atomic E-state index is 0.0340. The Hall–Kier alpha value is -2.99. The van der Waals surface area contributed by atoms with Gasteiger partial charge in [-0.3, -0.25) is 4.79 Å².